The minimum absolute atomic E-state index is 0.378. The van der Waals surface area contributed by atoms with Gasteiger partial charge in [-0.25, -0.2) is 0 Å². The number of carbonyl (C=O) groups is 2. The van der Waals surface area contributed by atoms with E-state index in [9.17, 15) is 9.59 Å². The number of pyridine rings is 1. The average molecular weight is 344 g/mol. The molecule has 0 spiro atoms. The van der Waals surface area contributed by atoms with Gasteiger partial charge in [0, 0.05) is 28.3 Å². The number of rotatable bonds is 4. The van der Waals surface area contributed by atoms with Crippen molar-refractivity contribution < 1.29 is 14.4 Å². The van der Waals surface area contributed by atoms with Crippen LogP contribution < -0.4 is 0 Å². The molecule has 0 atom stereocenters. The van der Waals surface area contributed by atoms with Crippen molar-refractivity contribution in [2.45, 2.75) is 12.8 Å². The third-order valence-corrected chi connectivity index (χ3v) is 4.61. The van der Waals surface area contributed by atoms with Gasteiger partial charge in [-0.15, -0.1) is 0 Å². The molecule has 0 radical (unpaired) electrons. The number of nitrogens with zero attached hydrogens (tertiary/aromatic N) is 2. The Morgan fingerprint density at radius 2 is 1.88 bits per heavy atom. The predicted molar refractivity (Wildman–Crippen MR) is 98.7 cm³/mol. The standard InChI is InChI=1S/C21H16N2O3/c1-26-23-19-9-7-13-12-14(6-8-15(13)19)20(24)21(25)17-10-11-22-18-5-3-2-4-16(17)18/h2-6,8,10-12H,7,9H2,1H3. The van der Waals surface area contributed by atoms with Gasteiger partial charge >= 0.3 is 0 Å². The molecule has 3 aromatic rings. The number of carbonyl (C=O) groups excluding carboxylic acids is 2. The van der Waals surface area contributed by atoms with Crippen LogP contribution in [0, 0.1) is 0 Å². The molecule has 0 bridgehead atoms. The summed E-state index contributed by atoms with van der Waals surface area (Å²) in [5.74, 6) is -1.03. The molecule has 1 aliphatic rings. The van der Waals surface area contributed by atoms with Crippen LogP contribution in [-0.4, -0.2) is 29.4 Å². The highest BCUT2D eigenvalue weighted by Crippen LogP contribution is 2.25. The van der Waals surface area contributed by atoms with Gasteiger partial charge in [0.25, 0.3) is 0 Å². The topological polar surface area (TPSA) is 68.6 Å². The van der Waals surface area contributed by atoms with Crippen molar-refractivity contribution in [3.05, 3.63) is 77.0 Å². The number of fused-ring (bicyclic) bond motifs is 2. The summed E-state index contributed by atoms with van der Waals surface area (Å²) >= 11 is 0. The fourth-order valence-electron chi connectivity index (χ4n) is 3.36. The molecular weight excluding hydrogens is 328 g/mol. The second-order valence-corrected chi connectivity index (χ2v) is 6.13. The largest absolute Gasteiger partial charge is 0.399 e. The zero-order chi connectivity index (χ0) is 18.1. The Morgan fingerprint density at radius 3 is 2.73 bits per heavy atom. The Bertz CT molecular complexity index is 1060. The average Bonchev–Trinajstić information content (AvgIpc) is 3.09. The van der Waals surface area contributed by atoms with Crippen LogP contribution in [0.3, 0.4) is 0 Å². The maximum absolute atomic E-state index is 12.8. The Kier molecular flexibility index (Phi) is 4.05. The van der Waals surface area contributed by atoms with E-state index in [1.54, 1.807) is 30.5 Å². The monoisotopic (exact) mass is 344 g/mol. The SMILES string of the molecule is CON=C1CCc2cc(C(=O)C(=O)c3ccnc4ccccc34)ccc21. The fraction of sp³-hybridized carbons (Fsp3) is 0.143. The van der Waals surface area contributed by atoms with Gasteiger partial charge in [0.2, 0.25) is 11.6 Å². The summed E-state index contributed by atoms with van der Waals surface area (Å²) in [7, 11) is 1.51. The van der Waals surface area contributed by atoms with Crippen LogP contribution in [-0.2, 0) is 11.3 Å². The Hall–Kier alpha value is -3.34. The van der Waals surface area contributed by atoms with E-state index in [4.69, 9.17) is 4.84 Å². The number of para-hydroxylation sites is 1. The van der Waals surface area contributed by atoms with Crippen molar-refractivity contribution in [2.75, 3.05) is 7.11 Å². The molecule has 5 nitrogen and oxygen atoms in total. The number of hydrogen-bond donors (Lipinski definition) is 0. The zero-order valence-electron chi connectivity index (χ0n) is 14.2. The lowest BCUT2D eigenvalue weighted by atomic mass is 9.96. The number of hydrogen-bond acceptors (Lipinski definition) is 5. The first kappa shape index (κ1) is 16.1. The number of aryl methyl sites for hydroxylation is 1. The number of benzene rings is 2. The lowest BCUT2D eigenvalue weighted by Crippen LogP contribution is -2.15. The van der Waals surface area contributed by atoms with E-state index < -0.39 is 11.6 Å². The van der Waals surface area contributed by atoms with E-state index in [1.807, 2.05) is 24.3 Å². The first-order valence-corrected chi connectivity index (χ1v) is 8.35. The predicted octanol–water partition coefficient (Wildman–Crippen LogP) is 3.60. The second kappa shape index (κ2) is 6.52. The summed E-state index contributed by atoms with van der Waals surface area (Å²) in [4.78, 5) is 34.7. The van der Waals surface area contributed by atoms with Gasteiger partial charge in [0.1, 0.15) is 7.11 Å². The van der Waals surface area contributed by atoms with Crippen molar-refractivity contribution in [3.63, 3.8) is 0 Å². The molecule has 1 heterocycles. The Balaban J connectivity index is 1.70. The molecule has 0 unspecified atom stereocenters. The number of ketones is 2. The van der Waals surface area contributed by atoms with Crippen molar-refractivity contribution in [3.8, 4) is 0 Å². The summed E-state index contributed by atoms with van der Waals surface area (Å²) in [5.41, 5.74) is 4.33. The number of Topliss-reactive ketones (excluding diaryl/α,β-unsaturated/α-hetero) is 2. The Labute approximate surface area is 150 Å². The molecule has 5 heteroatoms. The summed E-state index contributed by atoms with van der Waals surface area (Å²) in [6.45, 7) is 0. The molecule has 0 saturated heterocycles. The molecule has 4 rings (SSSR count). The lowest BCUT2D eigenvalue weighted by molar-refractivity contribution is 0.0818. The fourth-order valence-corrected chi connectivity index (χ4v) is 3.36. The molecule has 0 aliphatic heterocycles. The van der Waals surface area contributed by atoms with Crippen molar-refractivity contribution in [1.29, 1.82) is 0 Å². The smallest absolute Gasteiger partial charge is 0.234 e. The minimum Gasteiger partial charge on any atom is -0.399 e. The third-order valence-electron chi connectivity index (χ3n) is 4.61. The van der Waals surface area contributed by atoms with Gasteiger partial charge in [-0.1, -0.05) is 35.5 Å². The molecular formula is C21H16N2O3. The van der Waals surface area contributed by atoms with E-state index in [0.29, 0.717) is 22.0 Å². The maximum Gasteiger partial charge on any atom is 0.234 e. The van der Waals surface area contributed by atoms with Crippen LogP contribution >= 0.6 is 0 Å². The molecule has 0 fully saturated rings. The van der Waals surface area contributed by atoms with Crippen molar-refractivity contribution in [2.24, 2.45) is 5.16 Å². The normalized spacial score (nSPS) is 14.4. The molecule has 1 aliphatic carbocycles. The highest BCUT2D eigenvalue weighted by molar-refractivity contribution is 6.50. The minimum atomic E-state index is -0.521. The lowest BCUT2D eigenvalue weighted by Gasteiger charge is -2.06. The molecule has 2 aromatic carbocycles. The maximum atomic E-state index is 12.8. The van der Waals surface area contributed by atoms with Crippen LogP contribution in [0.5, 0.6) is 0 Å². The van der Waals surface area contributed by atoms with Gasteiger partial charge in [-0.3, -0.25) is 14.6 Å². The van der Waals surface area contributed by atoms with Gasteiger partial charge < -0.3 is 4.84 Å². The number of oxime groups is 1. The van der Waals surface area contributed by atoms with Crippen LogP contribution in [0.1, 0.15) is 38.3 Å². The van der Waals surface area contributed by atoms with Crippen LogP contribution in [0.15, 0.2) is 59.9 Å². The zero-order valence-corrected chi connectivity index (χ0v) is 14.2. The van der Waals surface area contributed by atoms with Gasteiger partial charge in [0.05, 0.1) is 11.2 Å². The first-order valence-electron chi connectivity index (χ1n) is 8.35. The molecule has 0 saturated carbocycles. The molecule has 1 aromatic heterocycles. The molecule has 26 heavy (non-hydrogen) atoms. The van der Waals surface area contributed by atoms with E-state index in [1.165, 1.54) is 7.11 Å². The first-order chi connectivity index (χ1) is 12.7. The van der Waals surface area contributed by atoms with Crippen molar-refractivity contribution in [1.82, 2.24) is 4.98 Å². The van der Waals surface area contributed by atoms with E-state index in [0.717, 1.165) is 29.7 Å². The molecule has 0 amide bonds. The van der Waals surface area contributed by atoms with Gasteiger partial charge in [0.15, 0.2) is 0 Å². The van der Waals surface area contributed by atoms with Crippen LogP contribution in [0.4, 0.5) is 0 Å². The van der Waals surface area contributed by atoms with Gasteiger partial charge in [-0.05, 0) is 36.6 Å². The van der Waals surface area contributed by atoms with Gasteiger partial charge in [-0.2, -0.15) is 0 Å². The molecule has 128 valence electrons. The highest BCUT2D eigenvalue weighted by atomic mass is 16.6. The van der Waals surface area contributed by atoms with Crippen LogP contribution in [0.25, 0.3) is 10.9 Å². The highest BCUT2D eigenvalue weighted by Gasteiger charge is 2.24. The van der Waals surface area contributed by atoms with Crippen LogP contribution in [0.2, 0.25) is 0 Å². The summed E-state index contributed by atoms with van der Waals surface area (Å²) in [6, 6.07) is 14.2. The summed E-state index contributed by atoms with van der Waals surface area (Å²) < 4.78 is 0. The third kappa shape index (κ3) is 2.67. The molecule has 0 N–H and O–H groups in total. The van der Waals surface area contributed by atoms with E-state index in [2.05, 4.69) is 10.1 Å². The summed E-state index contributed by atoms with van der Waals surface area (Å²) in [5, 5.41) is 4.70. The Morgan fingerprint density at radius 1 is 1.04 bits per heavy atom. The summed E-state index contributed by atoms with van der Waals surface area (Å²) in [6.07, 6.45) is 3.10. The number of aromatic nitrogens is 1. The van der Waals surface area contributed by atoms with Crippen molar-refractivity contribution >= 4 is 28.2 Å². The quantitative estimate of drug-likeness (QED) is 0.412. The second-order valence-electron chi connectivity index (χ2n) is 6.13. The van der Waals surface area contributed by atoms with E-state index >= 15 is 0 Å². The van der Waals surface area contributed by atoms with E-state index in [-0.39, 0.29) is 0 Å².